The third-order valence-corrected chi connectivity index (χ3v) is 5.82. The first-order valence-corrected chi connectivity index (χ1v) is 10.4. The summed E-state index contributed by atoms with van der Waals surface area (Å²) in [7, 11) is 3.03. The number of amides is 1. The number of hydrogen-bond acceptors (Lipinski definition) is 6. The number of ketones is 1. The van der Waals surface area contributed by atoms with Crippen molar-refractivity contribution in [3.05, 3.63) is 29.8 Å². The molecule has 1 amide bonds. The largest absolute Gasteiger partial charge is 0.494 e. The van der Waals surface area contributed by atoms with Crippen molar-refractivity contribution in [1.29, 1.82) is 0 Å². The standard InChI is InChI=1S/C19H28N2O3S2/c1-14(22)7-6-12-24-17-10-8-16(9-11-17)15(2)20-21(5)18(23)13-19(3,4)26-25/h8-11,25H,6-7,12-13H2,1-5H3/b20-15+. The molecule has 26 heavy (non-hydrogen) atoms. The summed E-state index contributed by atoms with van der Waals surface area (Å²) >= 11 is 4.20. The molecule has 0 saturated heterocycles. The molecule has 0 spiro atoms. The highest BCUT2D eigenvalue weighted by molar-refractivity contribution is 8.69. The molecular formula is C19H28N2O3S2. The van der Waals surface area contributed by atoms with Crippen LogP contribution in [0.2, 0.25) is 0 Å². The average molecular weight is 397 g/mol. The first-order chi connectivity index (χ1) is 12.1. The number of hydrazone groups is 1. The van der Waals surface area contributed by atoms with Crippen molar-refractivity contribution in [3.8, 4) is 5.75 Å². The molecule has 1 aromatic rings. The molecule has 0 aliphatic rings. The Balaban J connectivity index is 2.63. The van der Waals surface area contributed by atoms with Crippen LogP contribution in [0.25, 0.3) is 0 Å². The molecule has 1 rings (SSSR count). The van der Waals surface area contributed by atoms with Crippen molar-refractivity contribution < 1.29 is 14.3 Å². The van der Waals surface area contributed by atoms with Crippen molar-refractivity contribution in [3.63, 3.8) is 0 Å². The van der Waals surface area contributed by atoms with E-state index in [9.17, 15) is 9.59 Å². The second kappa shape index (κ2) is 10.6. The number of ether oxygens (including phenoxy) is 1. The first kappa shape index (κ1) is 22.6. The second-order valence-corrected chi connectivity index (χ2v) is 8.64. The van der Waals surface area contributed by atoms with Gasteiger partial charge in [0.25, 0.3) is 0 Å². The van der Waals surface area contributed by atoms with E-state index in [2.05, 4.69) is 16.8 Å². The third-order valence-electron chi connectivity index (χ3n) is 3.70. The molecule has 0 radical (unpaired) electrons. The number of hydrogen-bond donors (Lipinski definition) is 1. The van der Waals surface area contributed by atoms with E-state index in [4.69, 9.17) is 4.74 Å². The maximum Gasteiger partial charge on any atom is 0.243 e. The molecule has 1 aromatic carbocycles. The van der Waals surface area contributed by atoms with Crippen LogP contribution in [0.4, 0.5) is 0 Å². The summed E-state index contributed by atoms with van der Waals surface area (Å²) in [5.41, 5.74) is 1.67. The number of thiol groups is 1. The molecule has 0 heterocycles. The minimum atomic E-state index is -0.237. The van der Waals surface area contributed by atoms with Gasteiger partial charge in [-0.3, -0.25) is 4.79 Å². The van der Waals surface area contributed by atoms with Crippen LogP contribution in [0.15, 0.2) is 29.4 Å². The van der Waals surface area contributed by atoms with Crippen LogP contribution in [-0.2, 0) is 9.59 Å². The van der Waals surface area contributed by atoms with E-state index < -0.39 is 0 Å². The van der Waals surface area contributed by atoms with Gasteiger partial charge in [0.2, 0.25) is 5.91 Å². The van der Waals surface area contributed by atoms with Crippen molar-refractivity contribution in [1.82, 2.24) is 5.01 Å². The zero-order valence-corrected chi connectivity index (χ0v) is 17.8. The lowest BCUT2D eigenvalue weighted by molar-refractivity contribution is -0.130. The third kappa shape index (κ3) is 8.27. The molecular weight excluding hydrogens is 368 g/mol. The smallest absolute Gasteiger partial charge is 0.243 e. The Labute approximate surface area is 165 Å². The van der Waals surface area contributed by atoms with Crippen LogP contribution in [0.1, 0.15) is 52.5 Å². The normalized spacial score (nSPS) is 12.0. The minimum Gasteiger partial charge on any atom is -0.494 e. The number of benzene rings is 1. The monoisotopic (exact) mass is 396 g/mol. The van der Waals surface area contributed by atoms with E-state index in [1.807, 2.05) is 45.0 Å². The Kier molecular flexibility index (Phi) is 9.22. The van der Waals surface area contributed by atoms with Gasteiger partial charge in [-0.2, -0.15) is 5.10 Å². The lowest BCUT2D eigenvalue weighted by atomic mass is 10.1. The van der Waals surface area contributed by atoms with Gasteiger partial charge in [-0.25, -0.2) is 5.01 Å². The molecule has 5 nitrogen and oxygen atoms in total. The van der Waals surface area contributed by atoms with Crippen molar-refractivity contribution in [2.24, 2.45) is 5.10 Å². The van der Waals surface area contributed by atoms with Gasteiger partial charge in [0.05, 0.1) is 12.3 Å². The fraction of sp³-hybridized carbons (Fsp3) is 0.526. The van der Waals surface area contributed by atoms with Gasteiger partial charge in [0, 0.05) is 24.6 Å². The zero-order chi connectivity index (χ0) is 19.7. The summed E-state index contributed by atoms with van der Waals surface area (Å²) in [4.78, 5) is 23.2. The Hall–Kier alpha value is -1.47. The number of Topliss-reactive ketones (excluding diaryl/α,β-unsaturated/α-hetero) is 1. The van der Waals surface area contributed by atoms with Crippen LogP contribution < -0.4 is 4.74 Å². The Morgan fingerprint density at radius 1 is 1.23 bits per heavy atom. The Bertz CT molecular complexity index is 643. The summed E-state index contributed by atoms with van der Waals surface area (Å²) in [6, 6.07) is 7.55. The van der Waals surface area contributed by atoms with Gasteiger partial charge in [0.1, 0.15) is 11.5 Å². The van der Waals surface area contributed by atoms with Crippen LogP contribution in [0, 0.1) is 0 Å². The van der Waals surface area contributed by atoms with E-state index in [-0.39, 0.29) is 16.4 Å². The van der Waals surface area contributed by atoms with E-state index >= 15 is 0 Å². The van der Waals surface area contributed by atoms with Crippen LogP contribution in [-0.4, -0.2) is 40.8 Å². The van der Waals surface area contributed by atoms with E-state index in [0.717, 1.165) is 17.0 Å². The van der Waals surface area contributed by atoms with Gasteiger partial charge in [-0.1, -0.05) is 10.8 Å². The second-order valence-electron chi connectivity index (χ2n) is 6.81. The van der Waals surface area contributed by atoms with Gasteiger partial charge >= 0.3 is 0 Å². The summed E-state index contributed by atoms with van der Waals surface area (Å²) in [6.45, 7) is 7.91. The fourth-order valence-electron chi connectivity index (χ4n) is 2.15. The molecule has 0 saturated carbocycles. The van der Waals surface area contributed by atoms with Crippen molar-refractivity contribution in [2.45, 2.75) is 51.7 Å². The first-order valence-electron chi connectivity index (χ1n) is 8.51. The SMILES string of the molecule is CC(=O)CCCOc1ccc(/C(C)=N/N(C)C(=O)CC(C)(C)SS)cc1. The van der Waals surface area contributed by atoms with Crippen molar-refractivity contribution in [2.75, 3.05) is 13.7 Å². The molecule has 0 aliphatic heterocycles. The quantitative estimate of drug-likeness (QED) is 0.210. The maximum absolute atomic E-state index is 12.3. The van der Waals surface area contributed by atoms with E-state index in [1.54, 1.807) is 14.0 Å². The van der Waals surface area contributed by atoms with Gasteiger partial charge in [0.15, 0.2) is 0 Å². The fourth-order valence-corrected chi connectivity index (χ4v) is 2.53. The summed E-state index contributed by atoms with van der Waals surface area (Å²) in [5.74, 6) is 0.870. The van der Waals surface area contributed by atoms with E-state index in [0.29, 0.717) is 25.9 Å². The number of carbonyl (C=O) groups excluding carboxylic acids is 2. The van der Waals surface area contributed by atoms with Crippen molar-refractivity contribution >= 4 is 39.9 Å². The molecule has 0 aromatic heterocycles. The summed E-state index contributed by atoms with van der Waals surface area (Å²) in [5, 5.41) is 5.76. The molecule has 144 valence electrons. The highest BCUT2D eigenvalue weighted by atomic mass is 33.1. The topological polar surface area (TPSA) is 59.0 Å². The van der Waals surface area contributed by atoms with Gasteiger partial charge < -0.3 is 9.53 Å². The number of carbonyl (C=O) groups is 2. The summed E-state index contributed by atoms with van der Waals surface area (Å²) < 4.78 is 5.37. The molecule has 0 bridgehead atoms. The van der Waals surface area contributed by atoms with Gasteiger partial charge in [-0.05, 0) is 63.9 Å². The maximum atomic E-state index is 12.3. The highest BCUT2D eigenvalue weighted by Gasteiger charge is 2.23. The summed E-state index contributed by atoms with van der Waals surface area (Å²) in [6.07, 6.45) is 1.61. The van der Waals surface area contributed by atoms with Crippen LogP contribution >= 0.6 is 22.5 Å². The Morgan fingerprint density at radius 3 is 2.38 bits per heavy atom. The van der Waals surface area contributed by atoms with E-state index in [1.165, 1.54) is 15.8 Å². The van der Waals surface area contributed by atoms with Crippen LogP contribution in [0.3, 0.4) is 0 Å². The van der Waals surface area contributed by atoms with Gasteiger partial charge in [-0.15, -0.1) is 11.7 Å². The highest BCUT2D eigenvalue weighted by Crippen LogP contribution is 2.31. The lowest BCUT2D eigenvalue weighted by Crippen LogP contribution is -2.29. The predicted octanol–water partition coefficient (Wildman–Crippen LogP) is 4.36. The Morgan fingerprint density at radius 2 is 1.85 bits per heavy atom. The molecule has 0 N–H and O–H groups in total. The minimum absolute atomic E-state index is 0.0543. The zero-order valence-electron chi connectivity index (χ0n) is 16.1. The average Bonchev–Trinajstić information content (AvgIpc) is 2.58. The molecule has 0 aliphatic carbocycles. The number of nitrogens with zero attached hydrogens (tertiary/aromatic N) is 2. The predicted molar refractivity (Wildman–Crippen MR) is 112 cm³/mol. The lowest BCUT2D eigenvalue weighted by Gasteiger charge is -2.22. The molecule has 0 unspecified atom stereocenters. The molecule has 0 fully saturated rings. The molecule has 0 atom stereocenters. The van der Waals surface area contributed by atoms with Crippen LogP contribution in [0.5, 0.6) is 5.75 Å². The molecule has 7 heteroatoms. The number of rotatable bonds is 10.